The van der Waals surface area contributed by atoms with Gasteiger partial charge in [0.05, 0.1) is 5.56 Å². The molecular weight excluding hydrogens is 405 g/mol. The number of amides is 1. The molecule has 1 aromatic carbocycles. The van der Waals surface area contributed by atoms with Gasteiger partial charge in [0.2, 0.25) is 5.91 Å². The number of likely N-dealkylation sites (N-methyl/N-ethyl adjacent to an activating group) is 1. The second-order valence-electron chi connectivity index (χ2n) is 7.98. The number of hydrogen-bond donors (Lipinski definition) is 0. The number of nitrogens with zero attached hydrogens (tertiary/aromatic N) is 4. The van der Waals surface area contributed by atoms with Gasteiger partial charge < -0.3 is 9.80 Å². The van der Waals surface area contributed by atoms with Crippen molar-refractivity contribution in [3.8, 4) is 0 Å². The molecule has 0 radical (unpaired) electrons. The number of aromatic nitrogens is 2. The van der Waals surface area contributed by atoms with Crippen molar-refractivity contribution in [3.63, 3.8) is 0 Å². The molecule has 0 aliphatic carbocycles. The average Bonchev–Trinajstić information content (AvgIpc) is 2.72. The van der Waals surface area contributed by atoms with Crippen molar-refractivity contribution in [2.24, 2.45) is 0 Å². The molecule has 1 saturated heterocycles. The molecule has 0 spiro atoms. The first kappa shape index (κ1) is 22.8. The van der Waals surface area contributed by atoms with Gasteiger partial charge in [-0.3, -0.25) is 4.79 Å². The highest BCUT2D eigenvalue weighted by Crippen LogP contribution is 2.30. The van der Waals surface area contributed by atoms with Crippen LogP contribution in [0.5, 0.6) is 0 Å². The van der Waals surface area contributed by atoms with E-state index < -0.39 is 11.7 Å². The van der Waals surface area contributed by atoms with Gasteiger partial charge in [-0.1, -0.05) is 12.1 Å². The maximum Gasteiger partial charge on any atom is 0.416 e. The van der Waals surface area contributed by atoms with E-state index in [4.69, 9.17) is 0 Å². The maximum atomic E-state index is 12.7. The number of allylic oxidation sites excluding steroid dienone is 1. The Bertz CT molecular complexity index is 942. The van der Waals surface area contributed by atoms with Gasteiger partial charge in [-0.05, 0) is 56.9 Å². The van der Waals surface area contributed by atoms with Gasteiger partial charge in [-0.15, -0.1) is 0 Å². The Hall–Kier alpha value is -2.90. The third kappa shape index (κ3) is 5.62. The normalized spacial score (nSPS) is 15.8. The molecule has 0 unspecified atom stereocenters. The summed E-state index contributed by atoms with van der Waals surface area (Å²) in [6, 6.07) is 6.93. The van der Waals surface area contributed by atoms with Crippen molar-refractivity contribution in [3.05, 3.63) is 59.1 Å². The minimum absolute atomic E-state index is 0.101. The van der Waals surface area contributed by atoms with E-state index in [0.717, 1.165) is 55.4 Å². The fourth-order valence-corrected chi connectivity index (χ4v) is 3.81. The molecule has 0 saturated carbocycles. The lowest BCUT2D eigenvalue weighted by Crippen LogP contribution is -2.45. The minimum atomic E-state index is -4.37. The summed E-state index contributed by atoms with van der Waals surface area (Å²) in [7, 11) is 1.78. The van der Waals surface area contributed by atoms with Crippen molar-refractivity contribution >= 4 is 17.3 Å². The van der Waals surface area contributed by atoms with Crippen LogP contribution in [0.4, 0.5) is 19.0 Å². The van der Waals surface area contributed by atoms with E-state index in [1.54, 1.807) is 18.9 Å². The van der Waals surface area contributed by atoms with E-state index in [1.807, 2.05) is 19.9 Å². The summed E-state index contributed by atoms with van der Waals surface area (Å²) in [5, 5.41) is 0. The van der Waals surface area contributed by atoms with E-state index in [2.05, 4.69) is 14.9 Å². The molecule has 5 nitrogen and oxygen atoms in total. The van der Waals surface area contributed by atoms with Gasteiger partial charge in [0.1, 0.15) is 11.6 Å². The number of alkyl halides is 3. The lowest BCUT2D eigenvalue weighted by Gasteiger charge is -2.37. The quantitative estimate of drug-likeness (QED) is 0.661. The monoisotopic (exact) mass is 432 g/mol. The molecule has 0 N–H and O–H groups in total. The zero-order valence-electron chi connectivity index (χ0n) is 18.2. The highest BCUT2D eigenvalue weighted by atomic mass is 19.4. The molecule has 2 heterocycles. The molecule has 0 atom stereocenters. The van der Waals surface area contributed by atoms with E-state index in [-0.39, 0.29) is 11.9 Å². The SMILES string of the molecule is C/C(=C\C(=O)N(C)C1CCN(c2cc(C)nc(C)n2)CC1)c1ccc(C(F)(F)F)cc1. The summed E-state index contributed by atoms with van der Waals surface area (Å²) in [6.45, 7) is 7.14. The lowest BCUT2D eigenvalue weighted by atomic mass is 10.0. The molecule has 166 valence electrons. The number of carbonyl (C=O) groups excluding carboxylic acids is 1. The Morgan fingerprint density at radius 3 is 2.29 bits per heavy atom. The second kappa shape index (κ2) is 9.08. The molecule has 1 fully saturated rings. The van der Waals surface area contributed by atoms with Gasteiger partial charge >= 0.3 is 6.18 Å². The molecule has 1 aromatic heterocycles. The van der Waals surface area contributed by atoms with Crippen molar-refractivity contribution in [2.75, 3.05) is 25.0 Å². The summed E-state index contributed by atoms with van der Waals surface area (Å²) in [4.78, 5) is 25.5. The second-order valence-corrected chi connectivity index (χ2v) is 7.98. The Morgan fingerprint density at radius 1 is 1.13 bits per heavy atom. The summed E-state index contributed by atoms with van der Waals surface area (Å²) in [5.74, 6) is 1.51. The number of halogens is 3. The Morgan fingerprint density at radius 2 is 1.74 bits per heavy atom. The minimum Gasteiger partial charge on any atom is -0.356 e. The molecule has 1 aliphatic rings. The topological polar surface area (TPSA) is 49.3 Å². The third-order valence-corrected chi connectivity index (χ3v) is 5.64. The Labute approximate surface area is 180 Å². The van der Waals surface area contributed by atoms with E-state index in [1.165, 1.54) is 18.2 Å². The molecule has 2 aromatic rings. The molecule has 8 heteroatoms. The van der Waals surface area contributed by atoms with Crippen molar-refractivity contribution < 1.29 is 18.0 Å². The summed E-state index contributed by atoms with van der Waals surface area (Å²) >= 11 is 0. The Kier molecular flexibility index (Phi) is 6.67. The van der Waals surface area contributed by atoms with Crippen molar-refractivity contribution in [1.82, 2.24) is 14.9 Å². The zero-order valence-corrected chi connectivity index (χ0v) is 18.2. The Balaban J connectivity index is 1.61. The number of anilines is 1. The molecule has 31 heavy (non-hydrogen) atoms. The van der Waals surface area contributed by atoms with Crippen LogP contribution < -0.4 is 4.90 Å². The largest absolute Gasteiger partial charge is 0.416 e. The number of benzene rings is 1. The van der Waals surface area contributed by atoms with Crippen LogP contribution >= 0.6 is 0 Å². The van der Waals surface area contributed by atoms with Crippen molar-refractivity contribution in [1.29, 1.82) is 0 Å². The van der Waals surface area contributed by atoms with Gasteiger partial charge in [-0.2, -0.15) is 13.2 Å². The molecule has 1 amide bonds. The zero-order chi connectivity index (χ0) is 22.8. The summed E-state index contributed by atoms with van der Waals surface area (Å²) in [6.07, 6.45) is -1.24. The van der Waals surface area contributed by atoms with E-state index in [0.29, 0.717) is 11.1 Å². The molecule has 0 bridgehead atoms. The maximum absolute atomic E-state index is 12.7. The lowest BCUT2D eigenvalue weighted by molar-refractivity contribution is -0.137. The highest BCUT2D eigenvalue weighted by molar-refractivity contribution is 5.94. The van der Waals surface area contributed by atoms with E-state index >= 15 is 0 Å². The fourth-order valence-electron chi connectivity index (χ4n) is 3.81. The number of hydrogen-bond acceptors (Lipinski definition) is 4. The average molecular weight is 432 g/mol. The van der Waals surface area contributed by atoms with Crippen LogP contribution in [0.25, 0.3) is 5.57 Å². The van der Waals surface area contributed by atoms with E-state index in [9.17, 15) is 18.0 Å². The first-order valence-electron chi connectivity index (χ1n) is 10.2. The van der Waals surface area contributed by atoms with Crippen LogP contribution in [0.3, 0.4) is 0 Å². The first-order valence-corrected chi connectivity index (χ1v) is 10.2. The van der Waals surface area contributed by atoms with Gasteiger partial charge in [0.25, 0.3) is 0 Å². The van der Waals surface area contributed by atoms with Gasteiger partial charge in [0.15, 0.2) is 0 Å². The number of piperidine rings is 1. The number of aryl methyl sites for hydroxylation is 2. The predicted molar refractivity (Wildman–Crippen MR) is 115 cm³/mol. The third-order valence-electron chi connectivity index (χ3n) is 5.64. The van der Waals surface area contributed by atoms with Crippen molar-refractivity contribution in [2.45, 2.75) is 45.8 Å². The van der Waals surface area contributed by atoms with Crippen LogP contribution in [0, 0.1) is 13.8 Å². The van der Waals surface area contributed by atoms with Gasteiger partial charge in [0, 0.05) is 44.0 Å². The fraction of sp³-hybridized carbons (Fsp3) is 0.435. The number of rotatable bonds is 4. The smallest absolute Gasteiger partial charge is 0.356 e. The first-order chi connectivity index (χ1) is 14.5. The summed E-state index contributed by atoms with van der Waals surface area (Å²) < 4.78 is 38.2. The molecular formula is C23H27F3N4O. The highest BCUT2D eigenvalue weighted by Gasteiger charge is 2.30. The van der Waals surface area contributed by atoms with Gasteiger partial charge in [-0.25, -0.2) is 9.97 Å². The van der Waals surface area contributed by atoms with Crippen LogP contribution in [0.1, 0.15) is 42.4 Å². The molecule has 3 rings (SSSR count). The van der Waals surface area contributed by atoms with Crippen LogP contribution in [0.15, 0.2) is 36.4 Å². The number of carbonyl (C=O) groups is 1. The summed E-state index contributed by atoms with van der Waals surface area (Å²) in [5.41, 5.74) is 1.46. The van der Waals surface area contributed by atoms with Crippen LogP contribution in [0.2, 0.25) is 0 Å². The standard InChI is InChI=1S/C23H27F3N4O/c1-15(18-5-7-19(8-6-18)23(24,25)26)13-22(31)29(4)20-9-11-30(12-10-20)21-14-16(2)27-17(3)28-21/h5-8,13-14,20H,9-12H2,1-4H3/b15-13+. The van der Waals surface area contributed by atoms with Crippen LogP contribution in [-0.2, 0) is 11.0 Å². The van der Waals surface area contributed by atoms with Crippen LogP contribution in [-0.4, -0.2) is 47.0 Å². The molecule has 1 aliphatic heterocycles. The predicted octanol–water partition coefficient (Wildman–Crippen LogP) is 4.64.